The largest absolute Gasteiger partial charge is 0.453 e. The van der Waals surface area contributed by atoms with Crippen LogP contribution in [-0.4, -0.2) is 55.0 Å². The first-order chi connectivity index (χ1) is 13.5. The molecule has 28 heavy (non-hydrogen) atoms. The number of fused-ring (bicyclic) bond motifs is 2. The summed E-state index contributed by atoms with van der Waals surface area (Å²) in [7, 11) is 1.36. The fourth-order valence-corrected chi connectivity index (χ4v) is 4.68. The molecule has 0 bridgehead atoms. The number of ether oxygens (including phenoxy) is 1. The third-order valence-electron chi connectivity index (χ3n) is 5.17. The minimum atomic E-state index is -0.400. The summed E-state index contributed by atoms with van der Waals surface area (Å²) in [6.45, 7) is 1.40. The van der Waals surface area contributed by atoms with Gasteiger partial charge < -0.3 is 9.64 Å². The van der Waals surface area contributed by atoms with Crippen molar-refractivity contribution < 1.29 is 19.1 Å². The molecule has 1 spiro atoms. The topological polar surface area (TPSA) is 91.8 Å². The number of amides is 3. The van der Waals surface area contributed by atoms with Crippen LogP contribution in [0.25, 0.3) is 0 Å². The first-order valence-electron chi connectivity index (χ1n) is 8.58. The lowest BCUT2D eigenvalue weighted by Gasteiger charge is -2.25. The van der Waals surface area contributed by atoms with Crippen LogP contribution in [0.1, 0.15) is 21.7 Å². The van der Waals surface area contributed by atoms with E-state index in [1.165, 1.54) is 13.3 Å². The molecule has 10 heteroatoms. The summed E-state index contributed by atoms with van der Waals surface area (Å²) in [4.78, 5) is 43.5. The van der Waals surface area contributed by atoms with E-state index in [9.17, 15) is 14.4 Å². The summed E-state index contributed by atoms with van der Waals surface area (Å²) in [6.07, 6.45) is 2.42. The van der Waals surface area contributed by atoms with Crippen molar-refractivity contribution in [3.8, 4) is 0 Å². The van der Waals surface area contributed by atoms with Crippen molar-refractivity contribution in [2.24, 2.45) is 0 Å². The van der Waals surface area contributed by atoms with E-state index in [0.717, 1.165) is 22.6 Å². The summed E-state index contributed by atoms with van der Waals surface area (Å²) >= 11 is 7.33. The van der Waals surface area contributed by atoms with E-state index in [2.05, 4.69) is 10.3 Å². The van der Waals surface area contributed by atoms with E-state index >= 15 is 0 Å². The van der Waals surface area contributed by atoms with E-state index in [-0.39, 0.29) is 12.1 Å². The van der Waals surface area contributed by atoms with Gasteiger partial charge in [0.15, 0.2) is 11.4 Å². The average molecular weight is 421 g/mol. The minimum Gasteiger partial charge on any atom is -0.453 e. The van der Waals surface area contributed by atoms with Gasteiger partial charge in [-0.15, -0.1) is 0 Å². The fourth-order valence-electron chi connectivity index (χ4n) is 3.89. The molecule has 1 atom stereocenters. The van der Waals surface area contributed by atoms with Gasteiger partial charge in [-0.3, -0.25) is 15.0 Å². The predicted molar refractivity (Wildman–Crippen MR) is 106 cm³/mol. The Labute approximate surface area is 170 Å². The molecule has 2 aliphatic rings. The Morgan fingerprint density at radius 3 is 2.93 bits per heavy atom. The first kappa shape index (κ1) is 18.7. The maximum atomic E-state index is 12.9. The average Bonchev–Trinajstić information content (AvgIpc) is 3.40. The van der Waals surface area contributed by atoms with E-state index in [1.54, 1.807) is 15.9 Å². The molecule has 1 saturated heterocycles. The smallest absolute Gasteiger partial charge is 0.409 e. The predicted octanol–water partition coefficient (Wildman–Crippen LogP) is 3.37. The second-order valence-corrected chi connectivity index (χ2v) is 8.28. The van der Waals surface area contributed by atoms with E-state index in [0.29, 0.717) is 47.4 Å². The number of benzene rings is 1. The Kier molecular flexibility index (Phi) is 4.72. The summed E-state index contributed by atoms with van der Waals surface area (Å²) in [6, 6.07) is 5.06. The highest BCUT2D eigenvalue weighted by Crippen LogP contribution is 2.47. The number of rotatable bonds is 2. The lowest BCUT2D eigenvalue weighted by molar-refractivity contribution is 0.112. The van der Waals surface area contributed by atoms with E-state index in [4.69, 9.17) is 16.3 Å². The van der Waals surface area contributed by atoms with Gasteiger partial charge in [0.2, 0.25) is 0 Å². The van der Waals surface area contributed by atoms with Crippen LogP contribution in [0.4, 0.5) is 20.4 Å². The van der Waals surface area contributed by atoms with Crippen molar-refractivity contribution in [1.29, 1.82) is 0 Å². The van der Waals surface area contributed by atoms with Crippen LogP contribution in [0.2, 0.25) is 5.02 Å². The molecule has 0 radical (unpaired) electrons. The number of methoxy groups -OCH3 is 1. The molecule has 1 aromatic carbocycles. The molecular weight excluding hydrogens is 404 g/mol. The molecule has 1 unspecified atom stereocenters. The molecule has 2 aliphatic heterocycles. The van der Waals surface area contributed by atoms with Crippen molar-refractivity contribution in [2.75, 3.05) is 37.0 Å². The number of nitrogens with one attached hydrogen (secondary N) is 1. The number of hydrogen-bond acceptors (Lipinski definition) is 6. The second-order valence-electron chi connectivity index (χ2n) is 6.79. The molecule has 2 aromatic rings. The number of nitrogens with zero attached hydrogens (tertiary/aromatic N) is 3. The van der Waals surface area contributed by atoms with Crippen LogP contribution in [0, 0.1) is 0 Å². The highest BCUT2D eigenvalue weighted by Gasteiger charge is 2.50. The van der Waals surface area contributed by atoms with Gasteiger partial charge in [0.05, 0.1) is 18.2 Å². The van der Waals surface area contributed by atoms with Crippen LogP contribution >= 0.6 is 22.9 Å². The number of carbonyl (C=O) groups excluding carboxylic acids is 3. The maximum absolute atomic E-state index is 12.9. The molecule has 0 saturated carbocycles. The van der Waals surface area contributed by atoms with Crippen LogP contribution in [0.5, 0.6) is 0 Å². The Balaban J connectivity index is 1.63. The number of carbonyl (C=O) groups is 3. The number of hydrogen-bond donors (Lipinski definition) is 1. The van der Waals surface area contributed by atoms with Gasteiger partial charge in [-0.25, -0.2) is 14.6 Å². The summed E-state index contributed by atoms with van der Waals surface area (Å²) in [5, 5.41) is 3.67. The van der Waals surface area contributed by atoms with Crippen molar-refractivity contribution in [2.45, 2.75) is 11.8 Å². The fraction of sp³-hybridized carbons (Fsp3) is 0.333. The molecule has 1 fully saturated rings. The number of likely N-dealkylation sites (tertiary alicyclic amines) is 1. The van der Waals surface area contributed by atoms with Crippen LogP contribution in [0.15, 0.2) is 24.4 Å². The Morgan fingerprint density at radius 2 is 2.21 bits per heavy atom. The summed E-state index contributed by atoms with van der Waals surface area (Å²) in [5.41, 5.74) is 1.29. The molecule has 1 aromatic heterocycles. The zero-order valence-electron chi connectivity index (χ0n) is 15.0. The van der Waals surface area contributed by atoms with Crippen LogP contribution in [0.3, 0.4) is 0 Å². The molecular formula is C18H17ClN4O4S. The molecule has 3 amide bonds. The first-order valence-corrected chi connectivity index (χ1v) is 9.78. The van der Waals surface area contributed by atoms with E-state index < -0.39 is 5.41 Å². The van der Waals surface area contributed by atoms with E-state index in [1.807, 2.05) is 12.1 Å². The number of aldehydes is 1. The number of aromatic nitrogens is 1. The molecule has 1 N–H and O–H groups in total. The monoisotopic (exact) mass is 420 g/mol. The second kappa shape index (κ2) is 7.06. The zero-order valence-corrected chi connectivity index (χ0v) is 16.5. The normalized spacial score (nSPS) is 20.4. The molecule has 3 heterocycles. The Hall–Kier alpha value is -2.65. The quantitative estimate of drug-likeness (QED) is 0.752. The standard InChI is InChI=1S/C18H17ClN4O4S/c1-27-17(26)22-5-4-18(9-22)10-23(14-3-2-11(19)6-13(14)18)16(25)21-15-20-7-12(8-24)28-15/h2-3,6-8H,4-5,9-10H2,1H3,(H,20,21,25). The van der Waals surface area contributed by atoms with Crippen molar-refractivity contribution in [1.82, 2.24) is 9.88 Å². The highest BCUT2D eigenvalue weighted by molar-refractivity contribution is 7.17. The lowest BCUT2D eigenvalue weighted by atomic mass is 9.81. The third kappa shape index (κ3) is 3.10. The number of thiazole rings is 1. The molecule has 8 nitrogen and oxygen atoms in total. The van der Waals surface area contributed by atoms with Gasteiger partial charge in [-0.2, -0.15) is 0 Å². The third-order valence-corrected chi connectivity index (χ3v) is 6.24. The SMILES string of the molecule is COC(=O)N1CCC2(C1)CN(C(=O)Nc1ncc(C=O)s1)c1ccc(Cl)cc12. The molecule has 4 rings (SSSR count). The Bertz CT molecular complexity index is 965. The zero-order chi connectivity index (χ0) is 19.9. The molecule has 0 aliphatic carbocycles. The van der Waals surface area contributed by atoms with Gasteiger partial charge in [0.1, 0.15) is 0 Å². The number of anilines is 2. The van der Waals surface area contributed by atoms with Gasteiger partial charge in [-0.05, 0) is 30.2 Å². The highest BCUT2D eigenvalue weighted by atomic mass is 35.5. The van der Waals surface area contributed by atoms with Crippen LogP contribution < -0.4 is 10.2 Å². The van der Waals surface area contributed by atoms with Crippen LogP contribution in [-0.2, 0) is 10.2 Å². The number of halogens is 1. The van der Waals surface area contributed by atoms with Gasteiger partial charge >= 0.3 is 12.1 Å². The Morgan fingerprint density at radius 1 is 1.39 bits per heavy atom. The lowest BCUT2D eigenvalue weighted by Crippen LogP contribution is -2.41. The van der Waals surface area contributed by atoms with Crippen molar-refractivity contribution in [3.63, 3.8) is 0 Å². The van der Waals surface area contributed by atoms with Crippen molar-refractivity contribution in [3.05, 3.63) is 39.9 Å². The molecule has 146 valence electrons. The number of urea groups is 1. The van der Waals surface area contributed by atoms with Crippen molar-refractivity contribution >= 4 is 52.2 Å². The summed E-state index contributed by atoms with van der Waals surface area (Å²) < 4.78 is 4.85. The van der Waals surface area contributed by atoms with Gasteiger partial charge in [-0.1, -0.05) is 22.9 Å². The minimum absolute atomic E-state index is 0.344. The maximum Gasteiger partial charge on any atom is 0.409 e. The van der Waals surface area contributed by atoms with Gasteiger partial charge in [0.25, 0.3) is 0 Å². The summed E-state index contributed by atoms with van der Waals surface area (Å²) in [5.74, 6) is 0. The van der Waals surface area contributed by atoms with Gasteiger partial charge in [0, 0.05) is 35.8 Å².